The summed E-state index contributed by atoms with van der Waals surface area (Å²) in [5.74, 6) is -6.20. The number of sulfone groups is 1. The minimum atomic E-state index is -4.04. The number of anilines is 1. The fraction of sp³-hybridized carbons (Fsp3) is 0.519. The summed E-state index contributed by atoms with van der Waals surface area (Å²) in [6.45, 7) is 2.70. The van der Waals surface area contributed by atoms with Crippen LogP contribution in [0.2, 0.25) is 5.02 Å². The van der Waals surface area contributed by atoms with Gasteiger partial charge in [-0.25, -0.2) is 21.6 Å². The van der Waals surface area contributed by atoms with Gasteiger partial charge in [-0.2, -0.15) is 0 Å². The van der Waals surface area contributed by atoms with E-state index in [9.17, 15) is 31.5 Å². The summed E-state index contributed by atoms with van der Waals surface area (Å²) < 4.78 is 73.7. The Balaban J connectivity index is 1.47. The van der Waals surface area contributed by atoms with Gasteiger partial charge in [0.25, 0.3) is 5.91 Å². The van der Waals surface area contributed by atoms with E-state index in [-0.39, 0.29) is 65.1 Å². The van der Waals surface area contributed by atoms with Gasteiger partial charge in [0.1, 0.15) is 0 Å². The monoisotopic (exact) mass is 604 g/mol. The molecule has 2 unspecified atom stereocenters. The van der Waals surface area contributed by atoms with E-state index in [1.807, 2.05) is 6.92 Å². The zero-order chi connectivity index (χ0) is 29.2. The number of ether oxygens (including phenoxy) is 1. The highest BCUT2D eigenvalue weighted by Gasteiger charge is 2.54. The van der Waals surface area contributed by atoms with Gasteiger partial charge in [0.2, 0.25) is 0 Å². The van der Waals surface area contributed by atoms with Crippen LogP contribution in [0.1, 0.15) is 43.0 Å². The molecule has 40 heavy (non-hydrogen) atoms. The second-order valence-electron chi connectivity index (χ2n) is 10.7. The summed E-state index contributed by atoms with van der Waals surface area (Å²) in [6, 6.07) is 4.80. The van der Waals surface area contributed by atoms with Crippen molar-refractivity contribution in [3.8, 4) is 0 Å². The Labute approximate surface area is 235 Å². The van der Waals surface area contributed by atoms with Gasteiger partial charge in [-0.05, 0) is 62.6 Å². The minimum absolute atomic E-state index is 0.00499. The third-order valence-corrected chi connectivity index (χ3v) is 10.5. The fourth-order valence-electron chi connectivity index (χ4n) is 5.81. The van der Waals surface area contributed by atoms with Crippen molar-refractivity contribution in [2.24, 2.45) is 11.8 Å². The van der Waals surface area contributed by atoms with Crippen LogP contribution in [-0.4, -0.2) is 67.8 Å². The fourth-order valence-corrected chi connectivity index (χ4v) is 8.65. The first kappa shape index (κ1) is 30.7. The van der Waals surface area contributed by atoms with Gasteiger partial charge in [0, 0.05) is 36.0 Å². The topological polar surface area (TPSA) is 125 Å². The molecule has 8 nitrogen and oxygen atoms in total. The molecule has 2 saturated carbocycles. The largest absolute Gasteiger partial charge is 0.395 e. The summed E-state index contributed by atoms with van der Waals surface area (Å²) in [5, 5.41) is 24.7. The number of carbonyl (C=O) groups is 1. The highest BCUT2D eigenvalue weighted by Crippen LogP contribution is 2.51. The van der Waals surface area contributed by atoms with E-state index in [1.54, 1.807) is 0 Å². The first-order valence-electron chi connectivity index (χ1n) is 13.0. The number of carbonyl (C=O) groups excluding carboxylic acids is 1. The Hall–Kier alpha value is -2.22. The zero-order valence-electron chi connectivity index (χ0n) is 21.8. The molecule has 0 saturated heterocycles. The Kier molecular flexibility index (Phi) is 9.48. The molecule has 220 valence electrons. The smallest absolute Gasteiger partial charge is 0.255 e. The lowest BCUT2D eigenvalue weighted by molar-refractivity contribution is -0.0821. The maximum Gasteiger partial charge on any atom is 0.255 e. The molecular formula is C27H32ClF3N2O6S. The molecule has 2 bridgehead atoms. The predicted molar refractivity (Wildman–Crippen MR) is 142 cm³/mol. The average Bonchev–Trinajstić information content (AvgIpc) is 3.20. The van der Waals surface area contributed by atoms with Crippen molar-refractivity contribution in [2.45, 2.75) is 54.4 Å². The summed E-state index contributed by atoms with van der Waals surface area (Å²) in [6.07, 6.45) is 1.67. The second kappa shape index (κ2) is 12.3. The lowest BCUT2D eigenvalue weighted by Gasteiger charge is -2.40. The van der Waals surface area contributed by atoms with Crippen LogP contribution in [0, 0.1) is 29.3 Å². The Morgan fingerprint density at radius 2 is 1.77 bits per heavy atom. The number of halogens is 4. The van der Waals surface area contributed by atoms with Gasteiger partial charge in [0.15, 0.2) is 27.3 Å². The number of fused-ring (bicyclic) bond motifs is 2. The maximum atomic E-state index is 13.8. The highest BCUT2D eigenvalue weighted by molar-refractivity contribution is 7.92. The molecule has 5 atom stereocenters. The van der Waals surface area contributed by atoms with Crippen LogP contribution >= 0.6 is 11.6 Å². The van der Waals surface area contributed by atoms with Gasteiger partial charge in [-0.1, -0.05) is 11.6 Å². The van der Waals surface area contributed by atoms with Crippen molar-refractivity contribution in [3.63, 3.8) is 0 Å². The standard InChI is InChI=1S/C27H32ClF3N2O6S/c1-15(13-34)32-6-7-39-14-27(36)11-17-2-3-18(12-27)25(17)40(37,38)23-8-16(4-5-20(23)28)26(35)33-19-9-21(29)24(31)22(30)10-19/h4-5,8-10,15,17-18,25,32,34,36H,2-3,6-7,11-14H2,1H3,(H,33,35)/t15?,17-,18?,25+,27+/m0/s1. The molecular weight excluding hydrogens is 573 g/mol. The SMILES string of the molecule is CC(CO)NCCOC[C@]1(O)CC2CC[C@@H](C1)[C@H]2S(=O)(=O)c1cc(C(=O)Nc2cc(F)c(F)c(F)c2)ccc1Cl. The Morgan fingerprint density at radius 3 is 2.38 bits per heavy atom. The minimum Gasteiger partial charge on any atom is -0.395 e. The van der Waals surface area contributed by atoms with Gasteiger partial charge in [-0.3, -0.25) is 4.79 Å². The summed E-state index contributed by atoms with van der Waals surface area (Å²) in [5.41, 5.74) is -1.64. The van der Waals surface area contributed by atoms with Crippen LogP contribution in [0.5, 0.6) is 0 Å². The number of rotatable bonds is 11. The van der Waals surface area contributed by atoms with Crippen LogP contribution in [0.3, 0.4) is 0 Å². The van der Waals surface area contributed by atoms with E-state index in [1.165, 1.54) is 12.1 Å². The molecule has 0 spiro atoms. The summed E-state index contributed by atoms with van der Waals surface area (Å²) in [4.78, 5) is 12.5. The first-order valence-corrected chi connectivity index (χ1v) is 14.9. The number of hydrogen-bond acceptors (Lipinski definition) is 7. The van der Waals surface area contributed by atoms with Crippen molar-refractivity contribution in [1.29, 1.82) is 0 Å². The third kappa shape index (κ3) is 6.63. The zero-order valence-corrected chi connectivity index (χ0v) is 23.4. The van der Waals surface area contributed by atoms with E-state index in [2.05, 4.69) is 10.6 Å². The van der Waals surface area contributed by atoms with E-state index < -0.39 is 44.0 Å². The maximum absolute atomic E-state index is 13.8. The number of nitrogens with one attached hydrogen (secondary N) is 2. The molecule has 4 N–H and O–H groups in total. The van der Waals surface area contributed by atoms with E-state index in [0.29, 0.717) is 38.1 Å². The van der Waals surface area contributed by atoms with Gasteiger partial charge >= 0.3 is 0 Å². The normalized spacial score (nSPS) is 25.1. The summed E-state index contributed by atoms with van der Waals surface area (Å²) in [7, 11) is -4.04. The van der Waals surface area contributed by atoms with E-state index in [0.717, 1.165) is 6.07 Å². The molecule has 2 aromatic carbocycles. The Bertz CT molecular complexity index is 1320. The molecule has 1 amide bonds. The average molecular weight is 605 g/mol. The number of aliphatic hydroxyl groups excluding tert-OH is 1. The van der Waals surface area contributed by atoms with Crippen LogP contribution < -0.4 is 10.6 Å². The molecule has 2 aliphatic carbocycles. The molecule has 4 rings (SSSR count). The van der Waals surface area contributed by atoms with Gasteiger partial charge < -0.3 is 25.6 Å². The second-order valence-corrected chi connectivity index (χ2v) is 13.2. The predicted octanol–water partition coefficient (Wildman–Crippen LogP) is 3.69. The van der Waals surface area contributed by atoms with Crippen molar-refractivity contribution < 1.29 is 41.3 Å². The van der Waals surface area contributed by atoms with Crippen molar-refractivity contribution in [2.75, 3.05) is 31.7 Å². The van der Waals surface area contributed by atoms with E-state index >= 15 is 0 Å². The molecule has 0 aromatic heterocycles. The summed E-state index contributed by atoms with van der Waals surface area (Å²) >= 11 is 6.28. The third-order valence-electron chi connectivity index (χ3n) is 7.61. The molecule has 0 radical (unpaired) electrons. The molecule has 0 heterocycles. The van der Waals surface area contributed by atoms with Crippen molar-refractivity contribution in [3.05, 3.63) is 58.4 Å². The quantitative estimate of drug-likeness (QED) is 0.228. The van der Waals surface area contributed by atoms with Crippen molar-refractivity contribution in [1.82, 2.24) is 5.32 Å². The number of hydrogen-bond donors (Lipinski definition) is 4. The van der Waals surface area contributed by atoms with Crippen LogP contribution in [0.15, 0.2) is 35.2 Å². The Morgan fingerprint density at radius 1 is 1.15 bits per heavy atom. The lowest BCUT2D eigenvalue weighted by Crippen LogP contribution is -2.48. The van der Waals surface area contributed by atoms with Gasteiger partial charge in [-0.15, -0.1) is 0 Å². The molecule has 13 heteroatoms. The van der Waals surface area contributed by atoms with Crippen LogP contribution in [-0.2, 0) is 14.6 Å². The molecule has 2 fully saturated rings. The molecule has 2 aromatic rings. The van der Waals surface area contributed by atoms with Crippen LogP contribution in [0.4, 0.5) is 18.9 Å². The molecule has 0 aliphatic heterocycles. The number of benzene rings is 2. The number of aliphatic hydroxyl groups is 2. The first-order chi connectivity index (χ1) is 18.8. The van der Waals surface area contributed by atoms with E-state index in [4.69, 9.17) is 21.4 Å². The van der Waals surface area contributed by atoms with Gasteiger partial charge in [0.05, 0.1) is 40.6 Å². The molecule has 2 aliphatic rings. The van der Waals surface area contributed by atoms with Crippen molar-refractivity contribution >= 4 is 33.0 Å². The number of amides is 1. The van der Waals surface area contributed by atoms with Crippen LogP contribution in [0.25, 0.3) is 0 Å². The lowest BCUT2D eigenvalue weighted by atomic mass is 9.77. The highest BCUT2D eigenvalue weighted by atomic mass is 35.5.